The van der Waals surface area contributed by atoms with Crippen molar-refractivity contribution in [1.82, 2.24) is 14.8 Å². The Balaban J connectivity index is 1.76. The standard InChI is InChI=1S/C21H25N5O/c1-16(27)24-21-7-5-18(14-23-21)20-6-4-17(12-19(20)13-22)15-26-9-3-8-25(2)10-11-26/h4-7,12,14H,3,8-11,15H2,1-2H3,(H,23,24,27). The maximum atomic E-state index is 11.1. The van der Waals surface area contributed by atoms with E-state index in [0.717, 1.165) is 49.4 Å². The number of nitrogens with one attached hydrogen (secondary N) is 1. The summed E-state index contributed by atoms with van der Waals surface area (Å²) in [5.74, 6) is 0.351. The first-order valence-corrected chi connectivity index (χ1v) is 9.23. The molecule has 0 aliphatic carbocycles. The van der Waals surface area contributed by atoms with Gasteiger partial charge < -0.3 is 10.2 Å². The van der Waals surface area contributed by atoms with E-state index in [4.69, 9.17) is 0 Å². The molecule has 0 spiro atoms. The summed E-state index contributed by atoms with van der Waals surface area (Å²) in [5.41, 5.74) is 3.53. The van der Waals surface area contributed by atoms with E-state index in [1.807, 2.05) is 18.2 Å². The van der Waals surface area contributed by atoms with Gasteiger partial charge in [-0.25, -0.2) is 4.98 Å². The van der Waals surface area contributed by atoms with Gasteiger partial charge in [0, 0.05) is 43.9 Å². The minimum atomic E-state index is -0.156. The number of hydrogen-bond donors (Lipinski definition) is 1. The zero-order valence-electron chi connectivity index (χ0n) is 15.9. The lowest BCUT2D eigenvalue weighted by Gasteiger charge is -2.20. The molecule has 6 nitrogen and oxygen atoms in total. The highest BCUT2D eigenvalue weighted by atomic mass is 16.1. The Morgan fingerprint density at radius 1 is 1.22 bits per heavy atom. The minimum Gasteiger partial charge on any atom is -0.311 e. The molecule has 140 valence electrons. The molecular formula is C21H25N5O. The van der Waals surface area contributed by atoms with Crippen LogP contribution in [0.2, 0.25) is 0 Å². The first-order valence-electron chi connectivity index (χ1n) is 9.23. The Morgan fingerprint density at radius 3 is 2.78 bits per heavy atom. The topological polar surface area (TPSA) is 72.3 Å². The molecule has 2 heterocycles. The molecule has 1 aromatic heterocycles. The molecule has 0 unspecified atom stereocenters. The van der Waals surface area contributed by atoms with Gasteiger partial charge in [-0.2, -0.15) is 5.26 Å². The Bertz CT molecular complexity index is 841. The van der Waals surface area contributed by atoms with E-state index in [2.05, 4.69) is 39.3 Å². The summed E-state index contributed by atoms with van der Waals surface area (Å²) in [7, 11) is 2.16. The lowest BCUT2D eigenvalue weighted by atomic mass is 9.99. The Morgan fingerprint density at radius 2 is 2.07 bits per heavy atom. The normalized spacial score (nSPS) is 15.7. The number of carbonyl (C=O) groups excluding carboxylic acids is 1. The molecule has 3 rings (SSSR count). The molecule has 1 aromatic carbocycles. The maximum absolute atomic E-state index is 11.1. The molecule has 0 atom stereocenters. The first kappa shape index (κ1) is 19.0. The van der Waals surface area contributed by atoms with Crippen molar-refractivity contribution in [2.24, 2.45) is 0 Å². The second-order valence-corrected chi connectivity index (χ2v) is 7.04. The average molecular weight is 363 g/mol. The van der Waals surface area contributed by atoms with Crippen LogP contribution in [0.4, 0.5) is 5.82 Å². The lowest BCUT2D eigenvalue weighted by Crippen LogP contribution is -2.28. The van der Waals surface area contributed by atoms with Gasteiger partial charge in [0.05, 0.1) is 11.6 Å². The maximum Gasteiger partial charge on any atom is 0.222 e. The van der Waals surface area contributed by atoms with E-state index in [1.54, 1.807) is 12.3 Å². The molecule has 1 fully saturated rings. The second-order valence-electron chi connectivity index (χ2n) is 7.04. The quantitative estimate of drug-likeness (QED) is 0.904. The van der Waals surface area contributed by atoms with Crippen LogP contribution in [0.5, 0.6) is 0 Å². The summed E-state index contributed by atoms with van der Waals surface area (Å²) in [6.07, 6.45) is 2.86. The number of amides is 1. The Labute approximate surface area is 160 Å². The highest BCUT2D eigenvalue weighted by molar-refractivity contribution is 5.87. The highest BCUT2D eigenvalue weighted by Gasteiger charge is 2.14. The smallest absolute Gasteiger partial charge is 0.222 e. The van der Waals surface area contributed by atoms with Crippen molar-refractivity contribution in [1.29, 1.82) is 5.26 Å². The number of nitriles is 1. The number of carbonyl (C=O) groups is 1. The third-order valence-corrected chi connectivity index (χ3v) is 4.80. The van der Waals surface area contributed by atoms with Crippen molar-refractivity contribution < 1.29 is 4.79 Å². The van der Waals surface area contributed by atoms with E-state index in [9.17, 15) is 10.1 Å². The van der Waals surface area contributed by atoms with Crippen LogP contribution < -0.4 is 5.32 Å². The summed E-state index contributed by atoms with van der Waals surface area (Å²) in [5, 5.41) is 12.3. The van der Waals surface area contributed by atoms with Gasteiger partial charge in [0.15, 0.2) is 0 Å². The molecule has 1 saturated heterocycles. The molecule has 1 aliphatic heterocycles. The van der Waals surface area contributed by atoms with Gasteiger partial charge in [0.1, 0.15) is 5.82 Å². The average Bonchev–Trinajstić information content (AvgIpc) is 2.86. The van der Waals surface area contributed by atoms with Crippen LogP contribution in [0.15, 0.2) is 36.5 Å². The zero-order valence-corrected chi connectivity index (χ0v) is 15.9. The van der Waals surface area contributed by atoms with Gasteiger partial charge in [0.2, 0.25) is 5.91 Å². The van der Waals surface area contributed by atoms with Gasteiger partial charge >= 0.3 is 0 Å². The SMILES string of the molecule is CC(=O)Nc1ccc(-c2ccc(CN3CCCN(C)CC3)cc2C#N)cn1. The van der Waals surface area contributed by atoms with E-state index in [0.29, 0.717) is 11.4 Å². The summed E-state index contributed by atoms with van der Waals surface area (Å²) in [6, 6.07) is 12.0. The second kappa shape index (κ2) is 8.76. The molecule has 1 amide bonds. The number of pyridine rings is 1. The number of likely N-dealkylation sites (N-methyl/N-ethyl adjacent to an activating group) is 1. The lowest BCUT2D eigenvalue weighted by molar-refractivity contribution is -0.114. The number of anilines is 1. The van der Waals surface area contributed by atoms with Crippen LogP contribution in [0.25, 0.3) is 11.1 Å². The third kappa shape index (κ3) is 5.13. The molecule has 0 saturated carbocycles. The molecule has 0 bridgehead atoms. The largest absolute Gasteiger partial charge is 0.311 e. The summed E-state index contributed by atoms with van der Waals surface area (Å²) >= 11 is 0. The van der Waals surface area contributed by atoms with E-state index in [1.165, 1.54) is 13.3 Å². The molecule has 27 heavy (non-hydrogen) atoms. The van der Waals surface area contributed by atoms with Crippen LogP contribution in [-0.2, 0) is 11.3 Å². The van der Waals surface area contributed by atoms with Gasteiger partial charge in [0.25, 0.3) is 0 Å². The van der Waals surface area contributed by atoms with Crippen molar-refractivity contribution in [2.45, 2.75) is 19.9 Å². The summed E-state index contributed by atoms with van der Waals surface area (Å²) < 4.78 is 0. The van der Waals surface area contributed by atoms with Crippen molar-refractivity contribution in [3.8, 4) is 17.2 Å². The van der Waals surface area contributed by atoms with Crippen molar-refractivity contribution in [3.63, 3.8) is 0 Å². The zero-order chi connectivity index (χ0) is 19.2. The predicted octanol–water partition coefficient (Wildman–Crippen LogP) is 2.72. The number of hydrogen-bond acceptors (Lipinski definition) is 5. The fraction of sp³-hybridized carbons (Fsp3) is 0.381. The summed E-state index contributed by atoms with van der Waals surface area (Å²) in [4.78, 5) is 20.2. The molecule has 6 heteroatoms. The predicted molar refractivity (Wildman–Crippen MR) is 106 cm³/mol. The number of aromatic nitrogens is 1. The minimum absolute atomic E-state index is 0.156. The van der Waals surface area contributed by atoms with Crippen molar-refractivity contribution >= 4 is 11.7 Å². The molecule has 1 N–H and O–H groups in total. The van der Waals surface area contributed by atoms with Gasteiger partial charge in [-0.05, 0) is 50.3 Å². The third-order valence-electron chi connectivity index (χ3n) is 4.80. The molecule has 2 aromatic rings. The van der Waals surface area contributed by atoms with Gasteiger partial charge in [-0.1, -0.05) is 12.1 Å². The fourth-order valence-corrected chi connectivity index (χ4v) is 3.36. The Kier molecular flexibility index (Phi) is 6.17. The van der Waals surface area contributed by atoms with Gasteiger partial charge in [-0.3, -0.25) is 9.69 Å². The Hall–Kier alpha value is -2.75. The van der Waals surface area contributed by atoms with E-state index in [-0.39, 0.29) is 5.91 Å². The van der Waals surface area contributed by atoms with Crippen LogP contribution in [0.1, 0.15) is 24.5 Å². The monoisotopic (exact) mass is 363 g/mol. The fourth-order valence-electron chi connectivity index (χ4n) is 3.36. The van der Waals surface area contributed by atoms with Crippen LogP contribution in [0, 0.1) is 11.3 Å². The first-order chi connectivity index (χ1) is 13.0. The van der Waals surface area contributed by atoms with Crippen molar-refractivity contribution in [3.05, 3.63) is 47.7 Å². The summed E-state index contributed by atoms with van der Waals surface area (Å²) in [6.45, 7) is 6.67. The van der Waals surface area contributed by atoms with Gasteiger partial charge in [-0.15, -0.1) is 0 Å². The van der Waals surface area contributed by atoms with Crippen LogP contribution in [0.3, 0.4) is 0 Å². The number of benzene rings is 1. The highest BCUT2D eigenvalue weighted by Crippen LogP contribution is 2.25. The van der Waals surface area contributed by atoms with E-state index >= 15 is 0 Å². The number of rotatable bonds is 4. The molecular weight excluding hydrogens is 338 g/mol. The molecule has 1 aliphatic rings. The van der Waals surface area contributed by atoms with Crippen LogP contribution >= 0.6 is 0 Å². The van der Waals surface area contributed by atoms with Crippen molar-refractivity contribution in [2.75, 3.05) is 38.5 Å². The number of nitrogens with zero attached hydrogens (tertiary/aromatic N) is 4. The van der Waals surface area contributed by atoms with Crippen LogP contribution in [-0.4, -0.2) is 53.9 Å². The molecule has 0 radical (unpaired) electrons. The van der Waals surface area contributed by atoms with E-state index < -0.39 is 0 Å².